The quantitative estimate of drug-likeness (QED) is 0.508. The highest BCUT2D eigenvalue weighted by molar-refractivity contribution is 5.96. The molecule has 2 fully saturated rings. The summed E-state index contributed by atoms with van der Waals surface area (Å²) >= 11 is 0. The standard InChI is InChI=1S/C28H33F2N3O4/c1-18(2)20-9-12-28(13-10-20)17-32(22-7-8-23(29)24(30)15-22)27(37)33(28)16-19-3-5-21(6-4-19)26(36)31-14-11-25(34)35/h3-8,15,18,20H,9-14,16-17H2,1-2H3,(H,31,36)(H,34,35). The van der Waals surface area contributed by atoms with Gasteiger partial charge in [0.15, 0.2) is 11.6 Å². The van der Waals surface area contributed by atoms with Gasteiger partial charge in [-0.3, -0.25) is 14.5 Å². The van der Waals surface area contributed by atoms with Crippen LogP contribution in [0.1, 0.15) is 61.9 Å². The van der Waals surface area contributed by atoms with E-state index in [0.717, 1.165) is 43.4 Å². The second-order valence-corrected chi connectivity index (χ2v) is 10.5. The highest BCUT2D eigenvalue weighted by Crippen LogP contribution is 2.45. The minimum absolute atomic E-state index is 0.0396. The predicted octanol–water partition coefficient (Wildman–Crippen LogP) is 5.20. The van der Waals surface area contributed by atoms with Crippen molar-refractivity contribution in [2.45, 2.75) is 58.0 Å². The monoisotopic (exact) mass is 513 g/mol. The minimum atomic E-state index is -0.987. The van der Waals surface area contributed by atoms with Crippen LogP contribution in [0.3, 0.4) is 0 Å². The first-order valence-corrected chi connectivity index (χ1v) is 12.7. The van der Waals surface area contributed by atoms with Gasteiger partial charge in [0.05, 0.1) is 18.5 Å². The van der Waals surface area contributed by atoms with E-state index < -0.39 is 23.1 Å². The summed E-state index contributed by atoms with van der Waals surface area (Å²) in [6.07, 6.45) is 3.47. The molecule has 2 aromatic rings. The molecule has 1 aliphatic carbocycles. The number of nitrogens with one attached hydrogen (secondary N) is 1. The van der Waals surface area contributed by atoms with Crippen LogP contribution in [-0.2, 0) is 11.3 Å². The van der Waals surface area contributed by atoms with Crippen molar-refractivity contribution in [1.29, 1.82) is 0 Å². The number of anilines is 1. The molecule has 0 bridgehead atoms. The van der Waals surface area contributed by atoms with Crippen molar-refractivity contribution in [2.75, 3.05) is 18.0 Å². The van der Waals surface area contributed by atoms with Gasteiger partial charge in [0.25, 0.3) is 5.91 Å². The Morgan fingerprint density at radius 2 is 1.76 bits per heavy atom. The largest absolute Gasteiger partial charge is 0.481 e. The zero-order valence-electron chi connectivity index (χ0n) is 21.2. The summed E-state index contributed by atoms with van der Waals surface area (Å²) in [6, 6.07) is 10.2. The van der Waals surface area contributed by atoms with E-state index in [-0.39, 0.29) is 24.9 Å². The molecule has 4 rings (SSSR count). The molecule has 7 nitrogen and oxygen atoms in total. The van der Waals surface area contributed by atoms with Crippen LogP contribution in [0.4, 0.5) is 19.3 Å². The maximum atomic E-state index is 14.0. The van der Waals surface area contributed by atoms with E-state index in [2.05, 4.69) is 19.2 Å². The number of carbonyl (C=O) groups is 3. The molecule has 9 heteroatoms. The summed E-state index contributed by atoms with van der Waals surface area (Å²) in [5.41, 5.74) is 1.16. The molecule has 1 heterocycles. The summed E-state index contributed by atoms with van der Waals surface area (Å²) in [7, 11) is 0. The van der Waals surface area contributed by atoms with Crippen LogP contribution >= 0.6 is 0 Å². The van der Waals surface area contributed by atoms with Crippen LogP contribution in [0.15, 0.2) is 42.5 Å². The third-order valence-electron chi connectivity index (χ3n) is 7.79. The molecule has 1 spiro atoms. The summed E-state index contributed by atoms with van der Waals surface area (Å²) in [4.78, 5) is 40.0. The molecular formula is C28H33F2N3O4. The molecule has 1 aliphatic heterocycles. The van der Waals surface area contributed by atoms with Crippen LogP contribution in [0.25, 0.3) is 0 Å². The normalized spacial score (nSPS) is 21.6. The number of carboxylic acid groups (broad SMARTS) is 1. The molecule has 0 atom stereocenters. The summed E-state index contributed by atoms with van der Waals surface area (Å²) in [5, 5.41) is 11.3. The highest BCUT2D eigenvalue weighted by Gasteiger charge is 2.51. The first-order chi connectivity index (χ1) is 17.6. The summed E-state index contributed by atoms with van der Waals surface area (Å²) < 4.78 is 27.6. The zero-order valence-corrected chi connectivity index (χ0v) is 21.2. The predicted molar refractivity (Wildman–Crippen MR) is 135 cm³/mol. The van der Waals surface area contributed by atoms with Crippen molar-refractivity contribution in [2.24, 2.45) is 11.8 Å². The van der Waals surface area contributed by atoms with Gasteiger partial charge in [0.2, 0.25) is 0 Å². The molecule has 0 unspecified atom stereocenters. The van der Waals surface area contributed by atoms with Crippen LogP contribution < -0.4 is 10.2 Å². The van der Waals surface area contributed by atoms with Crippen molar-refractivity contribution >= 4 is 23.6 Å². The zero-order chi connectivity index (χ0) is 26.7. The van der Waals surface area contributed by atoms with Crippen molar-refractivity contribution in [3.05, 3.63) is 65.2 Å². The molecule has 1 saturated carbocycles. The lowest BCUT2D eigenvalue weighted by molar-refractivity contribution is -0.136. The van der Waals surface area contributed by atoms with E-state index in [4.69, 9.17) is 5.11 Å². The van der Waals surface area contributed by atoms with E-state index in [1.54, 1.807) is 29.2 Å². The molecule has 3 amide bonds. The lowest BCUT2D eigenvalue weighted by atomic mass is 9.72. The average Bonchev–Trinajstić information content (AvgIpc) is 3.12. The fourth-order valence-electron chi connectivity index (χ4n) is 5.49. The molecular weight excluding hydrogens is 480 g/mol. The maximum absolute atomic E-state index is 14.0. The Kier molecular flexibility index (Phi) is 7.80. The Morgan fingerprint density at radius 1 is 1.08 bits per heavy atom. The number of amides is 3. The highest BCUT2D eigenvalue weighted by atomic mass is 19.2. The Labute approximate surface area is 215 Å². The van der Waals surface area contributed by atoms with Crippen LogP contribution in [0.2, 0.25) is 0 Å². The maximum Gasteiger partial charge on any atom is 0.325 e. The number of aliphatic carboxylic acids is 1. The summed E-state index contributed by atoms with van der Waals surface area (Å²) in [5.74, 6) is -2.15. The first kappa shape index (κ1) is 26.6. The number of carboxylic acids is 1. The fourth-order valence-corrected chi connectivity index (χ4v) is 5.49. The molecule has 2 aromatic carbocycles. The lowest BCUT2D eigenvalue weighted by Crippen LogP contribution is -2.49. The van der Waals surface area contributed by atoms with Crippen LogP contribution in [-0.4, -0.2) is 46.5 Å². The third-order valence-corrected chi connectivity index (χ3v) is 7.79. The first-order valence-electron chi connectivity index (χ1n) is 12.7. The van der Waals surface area contributed by atoms with E-state index in [0.29, 0.717) is 36.2 Å². The van der Waals surface area contributed by atoms with Gasteiger partial charge in [-0.25, -0.2) is 13.6 Å². The second-order valence-electron chi connectivity index (χ2n) is 10.5. The molecule has 0 aromatic heterocycles. The van der Waals surface area contributed by atoms with Crippen molar-refractivity contribution in [1.82, 2.24) is 10.2 Å². The SMILES string of the molecule is CC(C)C1CCC2(CC1)CN(c1ccc(F)c(F)c1)C(=O)N2Cc1ccc(C(=O)NCCC(=O)O)cc1. The number of benzene rings is 2. The number of rotatable bonds is 8. The minimum Gasteiger partial charge on any atom is -0.481 e. The Hall–Kier alpha value is -3.49. The molecule has 2 N–H and O–H groups in total. The third kappa shape index (κ3) is 5.76. The van der Waals surface area contributed by atoms with E-state index >= 15 is 0 Å². The Morgan fingerprint density at radius 3 is 2.35 bits per heavy atom. The van der Waals surface area contributed by atoms with Crippen LogP contribution in [0.5, 0.6) is 0 Å². The number of halogens is 2. The van der Waals surface area contributed by atoms with Gasteiger partial charge in [-0.15, -0.1) is 0 Å². The average molecular weight is 514 g/mol. The van der Waals surface area contributed by atoms with Gasteiger partial charge in [-0.1, -0.05) is 26.0 Å². The molecule has 2 aliphatic rings. The Bertz CT molecular complexity index is 1160. The van der Waals surface area contributed by atoms with Crippen molar-refractivity contribution in [3.8, 4) is 0 Å². The molecule has 1 saturated heterocycles. The van der Waals surface area contributed by atoms with Gasteiger partial charge >= 0.3 is 12.0 Å². The number of hydrogen-bond donors (Lipinski definition) is 2. The van der Waals surface area contributed by atoms with E-state index in [1.807, 2.05) is 4.90 Å². The fraction of sp³-hybridized carbons (Fsp3) is 0.464. The number of urea groups is 1. The van der Waals surface area contributed by atoms with Gasteiger partial charge < -0.3 is 15.3 Å². The van der Waals surface area contributed by atoms with Gasteiger partial charge in [-0.2, -0.15) is 0 Å². The van der Waals surface area contributed by atoms with E-state index in [1.165, 1.54) is 6.07 Å². The molecule has 198 valence electrons. The smallest absolute Gasteiger partial charge is 0.325 e. The number of nitrogens with zero attached hydrogens (tertiary/aromatic N) is 2. The molecule has 37 heavy (non-hydrogen) atoms. The number of carbonyl (C=O) groups excluding carboxylic acids is 2. The van der Waals surface area contributed by atoms with Crippen LogP contribution in [0, 0.1) is 23.5 Å². The topological polar surface area (TPSA) is 90.0 Å². The van der Waals surface area contributed by atoms with Gasteiger partial charge in [0, 0.05) is 30.4 Å². The lowest BCUT2D eigenvalue weighted by Gasteiger charge is -2.43. The summed E-state index contributed by atoms with van der Waals surface area (Å²) in [6.45, 7) is 5.20. The van der Waals surface area contributed by atoms with E-state index in [9.17, 15) is 23.2 Å². The molecule has 0 radical (unpaired) electrons. The van der Waals surface area contributed by atoms with Gasteiger partial charge in [0.1, 0.15) is 0 Å². The van der Waals surface area contributed by atoms with Gasteiger partial charge in [-0.05, 0) is 67.3 Å². The van der Waals surface area contributed by atoms with Crippen molar-refractivity contribution < 1.29 is 28.3 Å². The van der Waals surface area contributed by atoms with Crippen molar-refractivity contribution in [3.63, 3.8) is 0 Å². The Balaban J connectivity index is 1.54. The second kappa shape index (κ2) is 10.9. The number of hydrogen-bond acceptors (Lipinski definition) is 3.